The summed E-state index contributed by atoms with van der Waals surface area (Å²) >= 11 is 0. The van der Waals surface area contributed by atoms with E-state index in [1.807, 2.05) is 0 Å². The van der Waals surface area contributed by atoms with Crippen LogP contribution in [0.4, 0.5) is 24.8 Å². The molecule has 21 heavy (non-hydrogen) atoms. The smallest absolute Gasteiger partial charge is 0.373 e. The van der Waals surface area contributed by atoms with Crippen LogP contribution in [0.5, 0.6) is 0 Å². The number of alkyl halides is 3. The molecule has 0 atom stereocenters. The van der Waals surface area contributed by atoms with E-state index in [-0.39, 0.29) is 11.6 Å². The monoisotopic (exact) mass is 306 g/mol. The van der Waals surface area contributed by atoms with Crippen molar-refractivity contribution in [3.63, 3.8) is 0 Å². The number of rotatable bonds is 6. The molecule has 0 aliphatic carbocycles. The molecule has 0 radical (unpaired) electrons. The molecule has 0 saturated carbocycles. The lowest BCUT2D eigenvalue weighted by atomic mass is 10.4. The van der Waals surface area contributed by atoms with Gasteiger partial charge in [-0.25, -0.2) is 9.97 Å². The number of hydrogen-bond acceptors (Lipinski definition) is 6. The van der Waals surface area contributed by atoms with Crippen molar-refractivity contribution in [2.75, 3.05) is 30.4 Å². The maximum atomic E-state index is 12.7. The Labute approximate surface area is 117 Å². The number of primary amides is 2. The molecule has 0 aliphatic rings. The first-order valence-electron chi connectivity index (χ1n) is 5.59. The molecule has 116 valence electrons. The summed E-state index contributed by atoms with van der Waals surface area (Å²) in [7, 11) is 1.36. The van der Waals surface area contributed by atoms with E-state index in [9.17, 15) is 22.8 Å². The Balaban J connectivity index is 3.28. The molecule has 11 heteroatoms. The summed E-state index contributed by atoms with van der Waals surface area (Å²) in [5.74, 6) is -3.54. The average Bonchev–Trinajstić information content (AvgIpc) is 2.35. The number of aromatic nitrogens is 2. The molecule has 1 aromatic rings. The number of amides is 2. The van der Waals surface area contributed by atoms with Crippen LogP contribution in [0.1, 0.15) is 5.82 Å². The highest BCUT2D eigenvalue weighted by molar-refractivity contribution is 5.84. The van der Waals surface area contributed by atoms with Crippen LogP contribution in [0.2, 0.25) is 0 Å². The quantitative estimate of drug-likeness (QED) is 0.638. The van der Waals surface area contributed by atoms with Crippen LogP contribution in [-0.4, -0.2) is 41.9 Å². The molecule has 0 bridgehead atoms. The Morgan fingerprint density at radius 1 is 1.24 bits per heavy atom. The zero-order valence-electron chi connectivity index (χ0n) is 10.9. The lowest BCUT2D eigenvalue weighted by Crippen LogP contribution is -2.40. The van der Waals surface area contributed by atoms with E-state index < -0.39 is 36.9 Å². The van der Waals surface area contributed by atoms with Crippen LogP contribution < -0.4 is 21.7 Å². The molecule has 0 unspecified atom stereocenters. The molecule has 0 saturated heterocycles. The SMILES string of the molecule is CNc1cc(N(CC(N)=O)CC(N)=O)nc(C(F)(F)F)n1. The first kappa shape index (κ1) is 16.5. The van der Waals surface area contributed by atoms with Crippen molar-refractivity contribution in [3.05, 3.63) is 11.9 Å². The molecule has 0 spiro atoms. The summed E-state index contributed by atoms with van der Waals surface area (Å²) in [6.45, 7) is -1.03. The third-order valence-electron chi connectivity index (χ3n) is 2.24. The second-order valence-corrected chi connectivity index (χ2v) is 3.97. The third kappa shape index (κ3) is 4.78. The van der Waals surface area contributed by atoms with E-state index in [4.69, 9.17) is 11.5 Å². The third-order valence-corrected chi connectivity index (χ3v) is 2.24. The van der Waals surface area contributed by atoms with E-state index in [2.05, 4.69) is 15.3 Å². The van der Waals surface area contributed by atoms with Crippen LogP contribution in [-0.2, 0) is 15.8 Å². The molecule has 2 amide bonds. The van der Waals surface area contributed by atoms with E-state index >= 15 is 0 Å². The number of carbonyl (C=O) groups is 2. The Morgan fingerprint density at radius 2 is 1.76 bits per heavy atom. The van der Waals surface area contributed by atoms with Crippen LogP contribution in [0, 0.1) is 0 Å². The van der Waals surface area contributed by atoms with Crippen molar-refractivity contribution in [3.8, 4) is 0 Å². The van der Waals surface area contributed by atoms with E-state index in [1.165, 1.54) is 7.05 Å². The average molecular weight is 306 g/mol. The van der Waals surface area contributed by atoms with Gasteiger partial charge < -0.3 is 21.7 Å². The largest absolute Gasteiger partial charge is 0.451 e. The Hall–Kier alpha value is -2.59. The fourth-order valence-electron chi connectivity index (χ4n) is 1.45. The summed E-state index contributed by atoms with van der Waals surface area (Å²) in [4.78, 5) is 29.4. The van der Waals surface area contributed by atoms with Crippen molar-refractivity contribution in [1.82, 2.24) is 9.97 Å². The van der Waals surface area contributed by atoms with Gasteiger partial charge in [-0.15, -0.1) is 0 Å². The fourth-order valence-corrected chi connectivity index (χ4v) is 1.45. The second-order valence-electron chi connectivity index (χ2n) is 3.97. The van der Waals surface area contributed by atoms with Gasteiger partial charge in [-0.05, 0) is 0 Å². The zero-order valence-corrected chi connectivity index (χ0v) is 10.9. The minimum Gasteiger partial charge on any atom is -0.373 e. The van der Waals surface area contributed by atoms with Gasteiger partial charge >= 0.3 is 6.18 Å². The van der Waals surface area contributed by atoms with Crippen LogP contribution in [0.3, 0.4) is 0 Å². The van der Waals surface area contributed by atoms with Gasteiger partial charge in [0.25, 0.3) is 0 Å². The molecule has 0 fully saturated rings. The molecule has 0 aliphatic heterocycles. The van der Waals surface area contributed by atoms with Crippen LogP contribution in [0.25, 0.3) is 0 Å². The number of nitrogens with one attached hydrogen (secondary N) is 1. The van der Waals surface area contributed by atoms with Crippen LogP contribution in [0.15, 0.2) is 6.07 Å². The minimum absolute atomic E-state index is 0.133. The summed E-state index contributed by atoms with van der Waals surface area (Å²) in [5, 5.41) is 2.43. The number of carbonyl (C=O) groups excluding carboxylic acids is 2. The number of nitrogens with zero attached hydrogens (tertiary/aromatic N) is 3. The molecule has 1 aromatic heterocycles. The Bertz CT molecular complexity index is 532. The Morgan fingerprint density at radius 3 is 2.14 bits per heavy atom. The van der Waals surface area contributed by atoms with Crippen molar-refractivity contribution < 1.29 is 22.8 Å². The topological polar surface area (TPSA) is 127 Å². The summed E-state index contributed by atoms with van der Waals surface area (Å²) in [5.41, 5.74) is 9.97. The number of anilines is 2. The Kier molecular flexibility index (Phi) is 4.89. The van der Waals surface area contributed by atoms with Gasteiger partial charge in [0.05, 0.1) is 13.1 Å². The molecule has 0 aromatic carbocycles. The summed E-state index contributed by atoms with van der Waals surface area (Å²) in [6, 6.07) is 1.14. The van der Waals surface area contributed by atoms with E-state index in [0.29, 0.717) is 0 Å². The number of nitrogens with two attached hydrogens (primary N) is 2. The van der Waals surface area contributed by atoms with Gasteiger partial charge in [0, 0.05) is 13.1 Å². The minimum atomic E-state index is -4.78. The maximum absolute atomic E-state index is 12.7. The lowest BCUT2D eigenvalue weighted by molar-refractivity contribution is -0.144. The van der Waals surface area contributed by atoms with Crippen molar-refractivity contribution in [1.29, 1.82) is 0 Å². The zero-order chi connectivity index (χ0) is 16.2. The van der Waals surface area contributed by atoms with Gasteiger partial charge in [-0.1, -0.05) is 0 Å². The highest BCUT2D eigenvalue weighted by Gasteiger charge is 2.36. The number of halogens is 3. The van der Waals surface area contributed by atoms with Gasteiger partial charge in [0.1, 0.15) is 11.6 Å². The van der Waals surface area contributed by atoms with Crippen LogP contribution >= 0.6 is 0 Å². The summed E-state index contributed by atoms with van der Waals surface area (Å²) in [6.07, 6.45) is -4.78. The highest BCUT2D eigenvalue weighted by Crippen LogP contribution is 2.29. The van der Waals surface area contributed by atoms with Gasteiger partial charge in [0.15, 0.2) is 0 Å². The molecule has 5 N–H and O–H groups in total. The van der Waals surface area contributed by atoms with Crippen molar-refractivity contribution >= 4 is 23.5 Å². The first-order valence-corrected chi connectivity index (χ1v) is 5.59. The van der Waals surface area contributed by atoms with E-state index in [0.717, 1.165) is 11.0 Å². The fraction of sp³-hybridized carbons (Fsp3) is 0.400. The lowest BCUT2D eigenvalue weighted by Gasteiger charge is -2.21. The molecule has 1 heterocycles. The maximum Gasteiger partial charge on any atom is 0.451 e. The second kappa shape index (κ2) is 6.24. The normalized spacial score (nSPS) is 11.0. The molecular weight excluding hydrogens is 293 g/mol. The van der Waals surface area contributed by atoms with E-state index in [1.54, 1.807) is 0 Å². The molecular formula is C10H13F3N6O2. The molecule has 1 rings (SSSR count). The first-order chi connectivity index (χ1) is 9.63. The van der Waals surface area contributed by atoms with Crippen molar-refractivity contribution in [2.45, 2.75) is 6.18 Å². The predicted octanol–water partition coefficient (Wildman–Crippen LogP) is -0.686. The summed E-state index contributed by atoms with van der Waals surface area (Å²) < 4.78 is 38.2. The number of hydrogen-bond donors (Lipinski definition) is 3. The van der Waals surface area contributed by atoms with Crippen molar-refractivity contribution in [2.24, 2.45) is 11.5 Å². The molecule has 8 nitrogen and oxygen atoms in total. The highest BCUT2D eigenvalue weighted by atomic mass is 19.4. The van der Waals surface area contributed by atoms with Gasteiger partial charge in [-0.3, -0.25) is 9.59 Å². The standard InChI is InChI=1S/C10H13F3N6O2/c1-16-7-2-8(18-9(17-7)10(11,12)13)19(3-5(14)20)4-6(15)21/h2H,3-4H2,1H3,(H2,14,20)(H2,15,21)(H,16,17,18). The van der Waals surface area contributed by atoms with Gasteiger partial charge in [0.2, 0.25) is 17.6 Å². The van der Waals surface area contributed by atoms with Gasteiger partial charge in [-0.2, -0.15) is 13.2 Å². The predicted molar refractivity (Wildman–Crippen MR) is 67.2 cm³/mol.